The molecule has 2 atom stereocenters. The SMILES string of the molecule is CC[C+](C)CCOP(=O)(O)OP(=O)(O)OC. The van der Waals surface area contributed by atoms with E-state index in [0.29, 0.717) is 6.42 Å². The van der Waals surface area contributed by atoms with Gasteiger partial charge in [-0.15, -0.1) is 0 Å². The zero-order valence-corrected chi connectivity index (χ0v) is 11.2. The maximum Gasteiger partial charge on any atom is 0.481 e. The second kappa shape index (κ2) is 6.77. The largest absolute Gasteiger partial charge is 0.481 e. The van der Waals surface area contributed by atoms with Gasteiger partial charge < -0.3 is 9.79 Å². The molecular formula is C7H17O7P2+. The lowest BCUT2D eigenvalue weighted by Crippen LogP contribution is -2.00. The normalized spacial score (nSPS) is 18.8. The molecule has 0 aromatic heterocycles. The second-order valence-electron chi connectivity index (χ2n) is 3.10. The average molecular weight is 275 g/mol. The van der Waals surface area contributed by atoms with Gasteiger partial charge in [0.15, 0.2) is 0 Å². The molecule has 0 saturated heterocycles. The van der Waals surface area contributed by atoms with Crippen LogP contribution in [0.5, 0.6) is 0 Å². The molecule has 0 aromatic carbocycles. The predicted molar refractivity (Wildman–Crippen MR) is 57.5 cm³/mol. The van der Waals surface area contributed by atoms with Crippen LogP contribution in [0, 0.1) is 5.92 Å². The van der Waals surface area contributed by atoms with E-state index in [1.807, 2.05) is 13.8 Å². The Kier molecular flexibility index (Phi) is 6.82. The van der Waals surface area contributed by atoms with Crippen molar-refractivity contribution in [3.63, 3.8) is 0 Å². The van der Waals surface area contributed by atoms with Crippen LogP contribution in [0.15, 0.2) is 0 Å². The van der Waals surface area contributed by atoms with Crippen molar-refractivity contribution in [2.24, 2.45) is 0 Å². The highest BCUT2D eigenvalue weighted by Gasteiger charge is 2.34. The molecule has 0 aliphatic rings. The molecule has 0 radical (unpaired) electrons. The lowest BCUT2D eigenvalue weighted by atomic mass is 10.1. The average Bonchev–Trinajstić information content (AvgIpc) is 2.15. The third kappa shape index (κ3) is 7.41. The first-order chi connectivity index (χ1) is 7.22. The van der Waals surface area contributed by atoms with Crippen molar-refractivity contribution < 1.29 is 32.3 Å². The molecule has 0 rings (SSSR count). The molecule has 2 unspecified atom stereocenters. The highest BCUT2D eigenvalue weighted by molar-refractivity contribution is 7.61. The topological polar surface area (TPSA) is 102 Å². The molecule has 16 heavy (non-hydrogen) atoms. The molecule has 0 bridgehead atoms. The summed E-state index contributed by atoms with van der Waals surface area (Å²) in [5.74, 6) is 1.08. The van der Waals surface area contributed by atoms with Crippen LogP contribution in [0.3, 0.4) is 0 Å². The molecule has 0 fully saturated rings. The predicted octanol–water partition coefficient (Wildman–Crippen LogP) is 2.26. The van der Waals surface area contributed by atoms with Crippen LogP contribution < -0.4 is 0 Å². The molecule has 0 aromatic rings. The van der Waals surface area contributed by atoms with Crippen LogP contribution in [0.2, 0.25) is 0 Å². The van der Waals surface area contributed by atoms with Crippen molar-refractivity contribution in [3.8, 4) is 0 Å². The van der Waals surface area contributed by atoms with Gasteiger partial charge in [0.1, 0.15) is 6.42 Å². The van der Waals surface area contributed by atoms with Gasteiger partial charge in [0, 0.05) is 7.11 Å². The fourth-order valence-corrected chi connectivity index (χ4v) is 2.52. The van der Waals surface area contributed by atoms with Crippen LogP contribution in [0.25, 0.3) is 0 Å². The third-order valence-corrected chi connectivity index (χ3v) is 4.45. The first kappa shape index (κ1) is 16.1. The van der Waals surface area contributed by atoms with Crippen LogP contribution in [0.4, 0.5) is 0 Å². The Hall–Kier alpha value is 0.130. The van der Waals surface area contributed by atoms with Gasteiger partial charge in [0.05, 0.1) is 25.9 Å². The minimum atomic E-state index is -4.55. The fraction of sp³-hybridized carbons (Fsp3) is 0.857. The minimum Gasteiger partial charge on any atom is -0.302 e. The quantitative estimate of drug-likeness (QED) is 0.517. The molecule has 9 heteroatoms. The van der Waals surface area contributed by atoms with Crippen molar-refractivity contribution in [3.05, 3.63) is 5.92 Å². The standard InChI is InChI=1S/C7H16O7P2/c1-4-7(2)5-6-13-16(10,11)14-15(8,9)12-3/h4-6H2,1-3H3,(H-,8,9,10,11)/p+1. The van der Waals surface area contributed by atoms with Gasteiger partial charge in [0.25, 0.3) is 0 Å². The third-order valence-electron chi connectivity index (χ3n) is 1.82. The Morgan fingerprint density at radius 3 is 2.25 bits per heavy atom. The van der Waals surface area contributed by atoms with Crippen LogP contribution in [-0.2, 0) is 22.5 Å². The van der Waals surface area contributed by atoms with Crippen molar-refractivity contribution in [1.82, 2.24) is 0 Å². The summed E-state index contributed by atoms with van der Waals surface area (Å²) < 4.78 is 34.4. The van der Waals surface area contributed by atoms with E-state index in [4.69, 9.17) is 9.79 Å². The summed E-state index contributed by atoms with van der Waals surface area (Å²) in [6, 6.07) is 0. The zero-order valence-electron chi connectivity index (χ0n) is 9.45. The van der Waals surface area contributed by atoms with Gasteiger partial charge in [-0.3, -0.25) is 9.05 Å². The van der Waals surface area contributed by atoms with Gasteiger partial charge in [-0.1, -0.05) is 0 Å². The Balaban J connectivity index is 4.06. The van der Waals surface area contributed by atoms with E-state index in [2.05, 4.69) is 13.4 Å². The van der Waals surface area contributed by atoms with Gasteiger partial charge in [-0.25, -0.2) is 9.13 Å². The van der Waals surface area contributed by atoms with Gasteiger partial charge in [-0.05, 0) is 6.92 Å². The van der Waals surface area contributed by atoms with E-state index < -0.39 is 15.6 Å². The first-order valence-electron chi connectivity index (χ1n) is 4.61. The molecule has 2 N–H and O–H groups in total. The number of phosphoric ester groups is 2. The highest BCUT2D eigenvalue weighted by Crippen LogP contribution is 2.59. The summed E-state index contributed by atoms with van der Waals surface area (Å²) in [6.45, 7) is 3.76. The molecule has 0 spiro atoms. The number of hydrogen-bond acceptors (Lipinski definition) is 5. The summed E-state index contributed by atoms with van der Waals surface area (Å²) in [6.07, 6.45) is 1.31. The lowest BCUT2D eigenvalue weighted by molar-refractivity contribution is 0.168. The van der Waals surface area contributed by atoms with E-state index in [1.165, 1.54) is 0 Å². The number of hydrogen-bond donors (Lipinski definition) is 2. The van der Waals surface area contributed by atoms with Gasteiger partial charge in [-0.2, -0.15) is 4.31 Å². The molecule has 7 nitrogen and oxygen atoms in total. The lowest BCUT2D eigenvalue weighted by Gasteiger charge is -2.13. The minimum absolute atomic E-state index is 0.0584. The highest BCUT2D eigenvalue weighted by atomic mass is 31.3. The van der Waals surface area contributed by atoms with Crippen molar-refractivity contribution in [2.45, 2.75) is 26.7 Å². The number of rotatable bonds is 8. The van der Waals surface area contributed by atoms with E-state index >= 15 is 0 Å². The number of phosphoric acid groups is 2. The molecular weight excluding hydrogens is 258 g/mol. The Labute approximate surface area is 95.0 Å². The smallest absolute Gasteiger partial charge is 0.302 e. The maximum absolute atomic E-state index is 11.1. The van der Waals surface area contributed by atoms with E-state index in [0.717, 1.165) is 19.4 Å². The summed E-state index contributed by atoms with van der Waals surface area (Å²) in [5, 5.41) is 0. The van der Waals surface area contributed by atoms with Crippen molar-refractivity contribution in [1.29, 1.82) is 0 Å². The van der Waals surface area contributed by atoms with Crippen molar-refractivity contribution in [2.75, 3.05) is 13.7 Å². The Bertz CT molecular complexity index is 292. The summed E-state index contributed by atoms with van der Waals surface area (Å²) in [4.78, 5) is 17.9. The first-order valence-corrected chi connectivity index (χ1v) is 7.60. The summed E-state index contributed by atoms with van der Waals surface area (Å²) in [7, 11) is -8.17. The molecule has 0 heterocycles. The van der Waals surface area contributed by atoms with Gasteiger partial charge >= 0.3 is 15.6 Å². The molecule has 0 aliphatic carbocycles. The second-order valence-corrected chi connectivity index (χ2v) is 6.25. The van der Waals surface area contributed by atoms with Crippen LogP contribution in [-0.4, -0.2) is 23.5 Å². The summed E-state index contributed by atoms with van der Waals surface area (Å²) in [5.41, 5.74) is 0. The molecule has 0 amide bonds. The van der Waals surface area contributed by atoms with E-state index in [9.17, 15) is 9.13 Å². The van der Waals surface area contributed by atoms with E-state index in [-0.39, 0.29) is 6.61 Å². The molecule has 0 aliphatic heterocycles. The fourth-order valence-electron chi connectivity index (χ4n) is 0.699. The Morgan fingerprint density at radius 1 is 1.25 bits per heavy atom. The molecule has 0 saturated carbocycles. The zero-order chi connectivity index (χ0) is 12.8. The summed E-state index contributed by atoms with van der Waals surface area (Å²) >= 11 is 0. The van der Waals surface area contributed by atoms with E-state index in [1.54, 1.807) is 0 Å². The van der Waals surface area contributed by atoms with Gasteiger partial charge in [0.2, 0.25) is 0 Å². The maximum atomic E-state index is 11.1. The van der Waals surface area contributed by atoms with Crippen molar-refractivity contribution >= 4 is 15.6 Å². The monoisotopic (exact) mass is 275 g/mol. The van der Waals surface area contributed by atoms with Crippen LogP contribution >= 0.6 is 15.6 Å². The van der Waals surface area contributed by atoms with Crippen LogP contribution in [0.1, 0.15) is 26.7 Å². The Morgan fingerprint density at radius 2 is 1.81 bits per heavy atom. The molecule has 96 valence electrons.